The standard InChI is InChI=1S/C26H38N8O5S2/c27-19-10-8-18(9-11-19)22(34-41(38,39)16-17-5-2-1-3-6-17)24(37)32-15-21(35)33-20(7-4-12-31-26(28)29)23(36)25-30-13-14-40-25/h1-3,5-6,13-14,18-20,22,34H,4,7-12,15-16,27H2,(H,32,37)(H,33,35)(H4,28,29,31)/t18?,19?,20-,22+/m0/s1. The third-order valence-electron chi connectivity index (χ3n) is 6.74. The van der Waals surface area contributed by atoms with Gasteiger partial charge in [0.2, 0.25) is 27.6 Å². The molecule has 1 fully saturated rings. The van der Waals surface area contributed by atoms with Crippen molar-refractivity contribution >= 4 is 44.9 Å². The number of hydrogen-bond donors (Lipinski definition) is 6. The third kappa shape index (κ3) is 10.8. The molecule has 3 rings (SSSR count). The number of aliphatic imine (C=N–C) groups is 1. The van der Waals surface area contributed by atoms with Crippen LogP contribution in [0.1, 0.15) is 53.9 Å². The van der Waals surface area contributed by atoms with Gasteiger partial charge in [0, 0.05) is 24.2 Å². The van der Waals surface area contributed by atoms with Gasteiger partial charge in [0.05, 0.1) is 18.3 Å². The summed E-state index contributed by atoms with van der Waals surface area (Å²) in [4.78, 5) is 47.0. The molecule has 1 aromatic heterocycles. The SMILES string of the molecule is NC(N)=NCCC[C@H](NC(=O)CNC(=O)[C@H](NS(=O)(=O)Cc1ccccc1)C1CCC(N)CC1)C(=O)c1nccs1. The summed E-state index contributed by atoms with van der Waals surface area (Å²) in [6, 6.07) is 6.68. The van der Waals surface area contributed by atoms with Gasteiger partial charge in [-0.15, -0.1) is 11.3 Å². The Balaban J connectivity index is 1.64. The zero-order chi connectivity index (χ0) is 29.8. The fraction of sp³-hybridized carbons (Fsp3) is 0.500. The number of Topliss-reactive ketones (excluding diaryl/α,β-unsaturated/α-hetero) is 1. The summed E-state index contributed by atoms with van der Waals surface area (Å²) in [6.45, 7) is -0.177. The number of nitrogens with one attached hydrogen (secondary N) is 3. The molecule has 1 aliphatic carbocycles. The van der Waals surface area contributed by atoms with Gasteiger partial charge in [-0.25, -0.2) is 18.1 Å². The van der Waals surface area contributed by atoms with Crippen LogP contribution in [0.3, 0.4) is 0 Å². The average molecular weight is 607 g/mol. The van der Waals surface area contributed by atoms with E-state index in [9.17, 15) is 22.8 Å². The van der Waals surface area contributed by atoms with Crippen molar-refractivity contribution < 1.29 is 22.8 Å². The minimum atomic E-state index is -3.88. The monoisotopic (exact) mass is 606 g/mol. The second-order valence-electron chi connectivity index (χ2n) is 10.0. The highest BCUT2D eigenvalue weighted by Gasteiger charge is 2.34. The van der Waals surface area contributed by atoms with Gasteiger partial charge in [0.15, 0.2) is 11.0 Å². The Morgan fingerprint density at radius 2 is 1.80 bits per heavy atom. The predicted molar refractivity (Wildman–Crippen MR) is 157 cm³/mol. The van der Waals surface area contributed by atoms with Crippen LogP contribution in [0.5, 0.6) is 0 Å². The van der Waals surface area contributed by atoms with Gasteiger partial charge >= 0.3 is 0 Å². The molecule has 224 valence electrons. The second kappa shape index (κ2) is 15.6. The highest BCUT2D eigenvalue weighted by atomic mass is 32.2. The van der Waals surface area contributed by atoms with Gasteiger partial charge in [0.25, 0.3) is 0 Å². The lowest BCUT2D eigenvalue weighted by Gasteiger charge is -2.32. The number of thiazole rings is 1. The van der Waals surface area contributed by atoms with Crippen molar-refractivity contribution in [3.8, 4) is 0 Å². The number of ketones is 1. The largest absolute Gasteiger partial charge is 0.370 e. The number of carbonyl (C=O) groups excluding carboxylic acids is 3. The molecule has 0 bridgehead atoms. The number of nitrogens with zero attached hydrogens (tertiary/aromatic N) is 2. The van der Waals surface area contributed by atoms with E-state index in [0.29, 0.717) is 37.7 Å². The molecule has 1 saturated carbocycles. The first-order valence-electron chi connectivity index (χ1n) is 13.4. The molecule has 41 heavy (non-hydrogen) atoms. The highest BCUT2D eigenvalue weighted by molar-refractivity contribution is 7.88. The van der Waals surface area contributed by atoms with Crippen LogP contribution < -0.4 is 32.6 Å². The van der Waals surface area contributed by atoms with E-state index >= 15 is 0 Å². The first kappa shape index (κ1) is 32.1. The average Bonchev–Trinajstić information content (AvgIpc) is 3.48. The Hall–Kier alpha value is -3.40. The molecule has 9 N–H and O–H groups in total. The Morgan fingerprint density at radius 1 is 1.10 bits per heavy atom. The number of aromatic nitrogens is 1. The maximum atomic E-state index is 13.3. The van der Waals surface area contributed by atoms with Crippen LogP contribution in [0.25, 0.3) is 0 Å². The van der Waals surface area contributed by atoms with Gasteiger partial charge in [-0.3, -0.25) is 19.4 Å². The normalized spacial score (nSPS) is 18.6. The van der Waals surface area contributed by atoms with E-state index in [1.165, 1.54) is 6.20 Å². The lowest BCUT2D eigenvalue weighted by molar-refractivity contribution is -0.128. The van der Waals surface area contributed by atoms with Gasteiger partial charge in [-0.05, 0) is 50.0 Å². The van der Waals surface area contributed by atoms with Gasteiger partial charge in [0.1, 0.15) is 6.04 Å². The second-order valence-corrected chi connectivity index (χ2v) is 12.7. The number of sulfonamides is 1. The zero-order valence-electron chi connectivity index (χ0n) is 22.7. The summed E-state index contributed by atoms with van der Waals surface area (Å²) in [5.41, 5.74) is 17.3. The van der Waals surface area contributed by atoms with Crippen molar-refractivity contribution in [2.75, 3.05) is 13.1 Å². The molecule has 2 atom stereocenters. The van der Waals surface area contributed by atoms with E-state index in [2.05, 4.69) is 25.3 Å². The molecule has 1 aromatic carbocycles. The van der Waals surface area contributed by atoms with Crippen LogP contribution >= 0.6 is 11.3 Å². The molecule has 1 heterocycles. The van der Waals surface area contributed by atoms with Crippen LogP contribution in [-0.4, -0.2) is 68.2 Å². The van der Waals surface area contributed by atoms with Crippen LogP contribution in [0.15, 0.2) is 46.9 Å². The number of carbonyl (C=O) groups is 3. The van der Waals surface area contributed by atoms with E-state index in [1.807, 2.05) is 0 Å². The fourth-order valence-corrected chi connectivity index (χ4v) is 6.69. The lowest BCUT2D eigenvalue weighted by Crippen LogP contribution is -2.54. The molecular formula is C26H38N8O5S2. The van der Waals surface area contributed by atoms with E-state index in [4.69, 9.17) is 17.2 Å². The highest BCUT2D eigenvalue weighted by Crippen LogP contribution is 2.27. The first-order valence-corrected chi connectivity index (χ1v) is 15.9. The van der Waals surface area contributed by atoms with E-state index in [-0.39, 0.29) is 47.4 Å². The number of hydrogen-bond acceptors (Lipinski definition) is 9. The Labute approximate surface area is 243 Å². The molecule has 0 radical (unpaired) electrons. The third-order valence-corrected chi connectivity index (χ3v) is 8.85. The summed E-state index contributed by atoms with van der Waals surface area (Å²) in [5.74, 6) is -2.23. The molecular weight excluding hydrogens is 568 g/mol. The number of nitrogens with two attached hydrogens (primary N) is 3. The molecule has 13 nitrogen and oxygen atoms in total. The van der Waals surface area contributed by atoms with E-state index in [1.54, 1.807) is 35.7 Å². The van der Waals surface area contributed by atoms with Gasteiger partial charge < -0.3 is 27.8 Å². The van der Waals surface area contributed by atoms with Crippen molar-refractivity contribution in [1.29, 1.82) is 0 Å². The van der Waals surface area contributed by atoms with Crippen molar-refractivity contribution in [2.24, 2.45) is 28.1 Å². The van der Waals surface area contributed by atoms with Gasteiger partial charge in [-0.1, -0.05) is 30.3 Å². The number of benzene rings is 1. The van der Waals surface area contributed by atoms with E-state index in [0.717, 1.165) is 11.3 Å². The topological polar surface area (TPSA) is 225 Å². The van der Waals surface area contributed by atoms with Crippen LogP contribution in [-0.2, 0) is 25.4 Å². The smallest absolute Gasteiger partial charge is 0.239 e. The molecule has 0 aliphatic heterocycles. The predicted octanol–water partition coefficient (Wildman–Crippen LogP) is -0.0139. The molecule has 0 unspecified atom stereocenters. The maximum absolute atomic E-state index is 13.3. The minimum Gasteiger partial charge on any atom is -0.370 e. The number of amides is 2. The van der Waals surface area contributed by atoms with Crippen molar-refractivity contribution in [1.82, 2.24) is 20.3 Å². The summed E-state index contributed by atoms with van der Waals surface area (Å²) in [5, 5.41) is 7.10. The number of guanidine groups is 1. The first-order chi connectivity index (χ1) is 19.5. The van der Waals surface area contributed by atoms with Crippen molar-refractivity contribution in [3.63, 3.8) is 0 Å². The van der Waals surface area contributed by atoms with Crippen LogP contribution in [0.2, 0.25) is 0 Å². The quantitative estimate of drug-likeness (QED) is 0.0692. The van der Waals surface area contributed by atoms with Gasteiger partial charge in [-0.2, -0.15) is 0 Å². The van der Waals surface area contributed by atoms with E-state index < -0.39 is 40.5 Å². The van der Waals surface area contributed by atoms with Crippen molar-refractivity contribution in [3.05, 3.63) is 52.5 Å². The summed E-state index contributed by atoms with van der Waals surface area (Å²) < 4.78 is 28.6. The summed E-state index contributed by atoms with van der Waals surface area (Å²) in [6.07, 6.45) is 4.62. The molecule has 1 aliphatic rings. The maximum Gasteiger partial charge on any atom is 0.239 e. The summed E-state index contributed by atoms with van der Waals surface area (Å²) in [7, 11) is -3.88. The zero-order valence-corrected chi connectivity index (χ0v) is 24.3. The Morgan fingerprint density at radius 3 is 2.44 bits per heavy atom. The van der Waals surface area contributed by atoms with Crippen molar-refractivity contribution in [2.45, 2.75) is 62.4 Å². The fourth-order valence-electron chi connectivity index (χ4n) is 4.66. The Kier molecular flexibility index (Phi) is 12.2. The lowest BCUT2D eigenvalue weighted by atomic mass is 9.82. The minimum absolute atomic E-state index is 0.000884. The molecule has 0 saturated heterocycles. The van der Waals surface area contributed by atoms with Crippen LogP contribution in [0, 0.1) is 5.92 Å². The molecule has 0 spiro atoms. The van der Waals surface area contributed by atoms with Crippen LogP contribution in [0.4, 0.5) is 0 Å². The molecule has 2 aromatic rings. The molecule has 2 amide bonds. The number of rotatable bonds is 15. The Bertz CT molecular complexity index is 1280. The summed E-state index contributed by atoms with van der Waals surface area (Å²) >= 11 is 1.15. The molecule has 15 heteroatoms.